The molecule has 1 N–H and O–H groups in total. The Morgan fingerprint density at radius 2 is 1.93 bits per heavy atom. The monoisotopic (exact) mass is 367 g/mol. The summed E-state index contributed by atoms with van der Waals surface area (Å²) in [6.45, 7) is 3.32. The zero-order valence-electron chi connectivity index (χ0n) is 15.3. The van der Waals surface area contributed by atoms with Crippen molar-refractivity contribution in [3.63, 3.8) is 0 Å². The van der Waals surface area contributed by atoms with E-state index in [0.717, 1.165) is 32.5 Å². The van der Waals surface area contributed by atoms with Crippen LogP contribution in [0, 0.1) is 0 Å². The van der Waals surface area contributed by atoms with Crippen LogP contribution in [0.15, 0.2) is 53.1 Å². The predicted molar refractivity (Wildman–Crippen MR) is 101 cm³/mol. The molecule has 2 atom stereocenters. The smallest absolute Gasteiger partial charge is 0.290 e. The van der Waals surface area contributed by atoms with Crippen molar-refractivity contribution in [3.05, 3.63) is 60.1 Å². The van der Waals surface area contributed by atoms with Crippen molar-refractivity contribution in [2.75, 3.05) is 19.6 Å². The van der Waals surface area contributed by atoms with E-state index in [9.17, 15) is 9.59 Å². The van der Waals surface area contributed by atoms with Crippen molar-refractivity contribution in [1.29, 1.82) is 0 Å². The van der Waals surface area contributed by atoms with Crippen LogP contribution in [0.1, 0.15) is 35.4 Å². The lowest BCUT2D eigenvalue weighted by Gasteiger charge is -2.25. The van der Waals surface area contributed by atoms with Gasteiger partial charge in [0, 0.05) is 32.2 Å². The Labute approximate surface area is 159 Å². The van der Waals surface area contributed by atoms with Crippen molar-refractivity contribution < 1.29 is 14.0 Å². The summed E-state index contributed by atoms with van der Waals surface area (Å²) in [4.78, 5) is 29.4. The first-order chi connectivity index (χ1) is 13.2. The number of amides is 2. The minimum Gasteiger partial charge on any atom is -0.459 e. The van der Waals surface area contributed by atoms with Gasteiger partial charge in [0.15, 0.2) is 5.76 Å². The van der Waals surface area contributed by atoms with Gasteiger partial charge in [-0.1, -0.05) is 30.3 Å². The fourth-order valence-electron chi connectivity index (χ4n) is 4.06. The van der Waals surface area contributed by atoms with Crippen LogP contribution in [0.5, 0.6) is 0 Å². The van der Waals surface area contributed by atoms with Crippen LogP contribution in [0.3, 0.4) is 0 Å². The molecule has 0 aliphatic carbocycles. The van der Waals surface area contributed by atoms with E-state index in [0.29, 0.717) is 18.7 Å². The lowest BCUT2D eigenvalue weighted by molar-refractivity contribution is -0.125. The number of hydrogen-bond donors (Lipinski definition) is 1. The van der Waals surface area contributed by atoms with Crippen molar-refractivity contribution in [1.82, 2.24) is 15.1 Å². The molecule has 6 heteroatoms. The first-order valence-corrected chi connectivity index (χ1v) is 9.62. The van der Waals surface area contributed by atoms with Gasteiger partial charge in [0.25, 0.3) is 5.91 Å². The van der Waals surface area contributed by atoms with Crippen molar-refractivity contribution in [2.24, 2.45) is 0 Å². The van der Waals surface area contributed by atoms with Gasteiger partial charge in [-0.3, -0.25) is 14.5 Å². The number of carbonyl (C=O) groups excluding carboxylic acids is 2. The number of carbonyl (C=O) groups is 2. The van der Waals surface area contributed by atoms with Gasteiger partial charge >= 0.3 is 0 Å². The number of likely N-dealkylation sites (tertiary alicyclic amines) is 2. The van der Waals surface area contributed by atoms with Gasteiger partial charge < -0.3 is 14.6 Å². The first kappa shape index (κ1) is 17.8. The second-order valence-corrected chi connectivity index (χ2v) is 7.35. The van der Waals surface area contributed by atoms with Gasteiger partial charge in [-0.15, -0.1) is 0 Å². The van der Waals surface area contributed by atoms with E-state index >= 15 is 0 Å². The summed E-state index contributed by atoms with van der Waals surface area (Å²) in [5, 5.41) is 3.16. The predicted octanol–water partition coefficient (Wildman–Crippen LogP) is 2.27. The summed E-state index contributed by atoms with van der Waals surface area (Å²) in [5.74, 6) is 0.0540. The molecule has 2 aliphatic rings. The first-order valence-electron chi connectivity index (χ1n) is 9.62. The highest BCUT2D eigenvalue weighted by Gasteiger charge is 2.37. The summed E-state index contributed by atoms with van der Waals surface area (Å²) in [5.41, 5.74) is 1.29. The van der Waals surface area contributed by atoms with E-state index in [1.165, 1.54) is 11.8 Å². The van der Waals surface area contributed by atoms with Gasteiger partial charge in [-0.25, -0.2) is 0 Å². The van der Waals surface area contributed by atoms with Gasteiger partial charge in [0.05, 0.1) is 6.26 Å². The minimum absolute atomic E-state index is 0.0426. The van der Waals surface area contributed by atoms with Gasteiger partial charge in [0.1, 0.15) is 6.04 Å². The maximum Gasteiger partial charge on any atom is 0.290 e. The second kappa shape index (κ2) is 7.96. The number of hydrogen-bond acceptors (Lipinski definition) is 4. The molecular weight excluding hydrogens is 342 g/mol. The molecule has 2 saturated heterocycles. The minimum atomic E-state index is -0.397. The third kappa shape index (κ3) is 4.06. The molecule has 27 heavy (non-hydrogen) atoms. The maximum atomic E-state index is 12.8. The average Bonchev–Trinajstić information content (AvgIpc) is 3.44. The van der Waals surface area contributed by atoms with Crippen LogP contribution in [0.25, 0.3) is 0 Å². The normalized spacial score (nSPS) is 22.9. The standard InChI is InChI=1S/C21H25N3O3/c25-20(18-8-4-11-24(18)21(26)19-9-5-13-27-19)22-17-10-12-23(15-17)14-16-6-2-1-3-7-16/h1-3,5-7,9,13,17-18H,4,8,10-12,14-15H2,(H,22,25)/t17-,18+/m0/s1. The zero-order chi connectivity index (χ0) is 18.6. The van der Waals surface area contributed by atoms with Crippen LogP contribution in [-0.2, 0) is 11.3 Å². The zero-order valence-corrected chi connectivity index (χ0v) is 15.3. The van der Waals surface area contributed by atoms with Crippen molar-refractivity contribution in [3.8, 4) is 0 Å². The highest BCUT2D eigenvalue weighted by atomic mass is 16.3. The Bertz CT molecular complexity index is 775. The molecule has 0 radical (unpaired) electrons. The quantitative estimate of drug-likeness (QED) is 0.880. The maximum absolute atomic E-state index is 12.8. The van der Waals surface area contributed by atoms with E-state index in [1.807, 2.05) is 6.07 Å². The molecule has 0 unspecified atom stereocenters. The summed E-state index contributed by atoms with van der Waals surface area (Å²) in [7, 11) is 0. The van der Waals surface area contributed by atoms with Crippen LogP contribution >= 0.6 is 0 Å². The summed E-state index contributed by atoms with van der Waals surface area (Å²) >= 11 is 0. The molecule has 6 nitrogen and oxygen atoms in total. The number of rotatable bonds is 5. The van der Waals surface area contributed by atoms with E-state index in [2.05, 4.69) is 34.5 Å². The highest BCUT2D eigenvalue weighted by Crippen LogP contribution is 2.21. The Morgan fingerprint density at radius 3 is 2.70 bits per heavy atom. The Hall–Kier alpha value is -2.60. The van der Waals surface area contributed by atoms with E-state index in [-0.39, 0.29) is 17.9 Å². The van der Waals surface area contributed by atoms with E-state index in [4.69, 9.17) is 4.42 Å². The third-order valence-corrected chi connectivity index (χ3v) is 5.42. The Balaban J connectivity index is 1.32. The summed E-state index contributed by atoms with van der Waals surface area (Å²) < 4.78 is 5.21. The molecule has 2 aromatic rings. The molecule has 0 spiro atoms. The van der Waals surface area contributed by atoms with Crippen LogP contribution in [-0.4, -0.2) is 53.3 Å². The summed E-state index contributed by atoms with van der Waals surface area (Å²) in [6, 6.07) is 13.5. The van der Waals surface area contributed by atoms with Crippen LogP contribution in [0.2, 0.25) is 0 Å². The van der Waals surface area contributed by atoms with Gasteiger partial charge in [-0.2, -0.15) is 0 Å². The third-order valence-electron chi connectivity index (χ3n) is 5.42. The lowest BCUT2D eigenvalue weighted by Crippen LogP contribution is -2.49. The summed E-state index contributed by atoms with van der Waals surface area (Å²) in [6.07, 6.45) is 3.98. The van der Waals surface area contributed by atoms with Gasteiger partial charge in [-0.05, 0) is 37.0 Å². The SMILES string of the molecule is O=C(N[C@H]1CCN(Cc2ccccc2)C1)[C@H]1CCCN1C(=O)c1ccco1. The molecule has 1 aromatic carbocycles. The van der Waals surface area contributed by atoms with Crippen LogP contribution < -0.4 is 5.32 Å². The van der Waals surface area contributed by atoms with Crippen LogP contribution in [0.4, 0.5) is 0 Å². The molecular formula is C21H25N3O3. The van der Waals surface area contributed by atoms with E-state index < -0.39 is 6.04 Å². The Kier molecular flexibility index (Phi) is 5.25. The molecule has 0 bridgehead atoms. The molecule has 4 rings (SSSR count). The van der Waals surface area contributed by atoms with E-state index in [1.54, 1.807) is 17.0 Å². The fourth-order valence-corrected chi connectivity index (χ4v) is 4.06. The molecule has 3 heterocycles. The Morgan fingerprint density at radius 1 is 1.07 bits per heavy atom. The lowest BCUT2D eigenvalue weighted by atomic mass is 10.1. The van der Waals surface area contributed by atoms with Crippen molar-refractivity contribution >= 4 is 11.8 Å². The topological polar surface area (TPSA) is 65.8 Å². The molecule has 2 aliphatic heterocycles. The largest absolute Gasteiger partial charge is 0.459 e. The molecule has 142 valence electrons. The highest BCUT2D eigenvalue weighted by molar-refractivity contribution is 5.96. The number of furan rings is 1. The fraction of sp³-hybridized carbons (Fsp3) is 0.429. The number of benzene rings is 1. The number of nitrogens with one attached hydrogen (secondary N) is 1. The molecule has 2 amide bonds. The molecule has 0 saturated carbocycles. The molecule has 1 aromatic heterocycles. The number of nitrogens with zero attached hydrogens (tertiary/aromatic N) is 2. The van der Waals surface area contributed by atoms with Gasteiger partial charge in [0.2, 0.25) is 5.91 Å². The second-order valence-electron chi connectivity index (χ2n) is 7.35. The molecule has 2 fully saturated rings. The average molecular weight is 367 g/mol. The van der Waals surface area contributed by atoms with Crippen molar-refractivity contribution in [2.45, 2.75) is 37.9 Å².